The van der Waals surface area contributed by atoms with Gasteiger partial charge in [-0.1, -0.05) is 13.8 Å². The maximum atomic E-state index is 5.49. The van der Waals surface area contributed by atoms with Gasteiger partial charge in [0.05, 0.1) is 22.4 Å². The van der Waals surface area contributed by atoms with Crippen molar-refractivity contribution in [3.8, 4) is 0 Å². The van der Waals surface area contributed by atoms with Gasteiger partial charge in [-0.15, -0.1) is 0 Å². The highest BCUT2D eigenvalue weighted by Crippen LogP contribution is 2.26. The van der Waals surface area contributed by atoms with E-state index in [4.69, 9.17) is 4.42 Å². The monoisotopic (exact) mass is 338 g/mol. The maximum Gasteiger partial charge on any atom is 0.181 e. The van der Waals surface area contributed by atoms with E-state index in [1.54, 1.807) is 6.39 Å². The minimum Gasteiger partial charge on any atom is -0.448 e. The molecular formula is C14H19BrN4O. The predicted octanol–water partition coefficient (Wildman–Crippen LogP) is 3.20. The molecule has 1 atom stereocenters. The molecule has 1 aliphatic rings. The van der Waals surface area contributed by atoms with Crippen LogP contribution in [0, 0.1) is 0 Å². The molecule has 5 nitrogen and oxygen atoms in total. The van der Waals surface area contributed by atoms with Gasteiger partial charge >= 0.3 is 0 Å². The second kappa shape index (κ2) is 5.69. The lowest BCUT2D eigenvalue weighted by Gasteiger charge is -2.16. The summed E-state index contributed by atoms with van der Waals surface area (Å²) in [6.45, 7) is 7.23. The van der Waals surface area contributed by atoms with Crippen LogP contribution in [0.4, 0.5) is 0 Å². The Hall–Kier alpha value is -1.14. The molecule has 0 bridgehead atoms. The van der Waals surface area contributed by atoms with E-state index in [0.717, 1.165) is 42.0 Å². The van der Waals surface area contributed by atoms with E-state index in [1.165, 1.54) is 0 Å². The zero-order valence-electron chi connectivity index (χ0n) is 11.8. The zero-order chi connectivity index (χ0) is 14.1. The van der Waals surface area contributed by atoms with Crippen LogP contribution in [0.2, 0.25) is 0 Å². The van der Waals surface area contributed by atoms with Gasteiger partial charge < -0.3 is 4.42 Å². The summed E-state index contributed by atoms with van der Waals surface area (Å²) in [4.78, 5) is 6.79. The second-order valence-electron chi connectivity index (χ2n) is 5.63. The average molecular weight is 339 g/mol. The first-order valence-electron chi connectivity index (χ1n) is 6.97. The summed E-state index contributed by atoms with van der Waals surface area (Å²) in [5.74, 6) is 1.39. The third-order valence-electron chi connectivity index (χ3n) is 3.76. The molecule has 0 N–H and O–H groups in total. The molecule has 6 heteroatoms. The van der Waals surface area contributed by atoms with Crippen molar-refractivity contribution in [1.82, 2.24) is 19.7 Å². The van der Waals surface area contributed by atoms with Crippen molar-refractivity contribution in [2.45, 2.75) is 38.8 Å². The minimum atomic E-state index is 0.382. The van der Waals surface area contributed by atoms with Gasteiger partial charge in [0.2, 0.25) is 0 Å². The molecular weight excluding hydrogens is 320 g/mol. The van der Waals surface area contributed by atoms with E-state index < -0.39 is 0 Å². The molecule has 0 amide bonds. The Labute approximate surface area is 127 Å². The molecule has 2 aromatic heterocycles. The van der Waals surface area contributed by atoms with Gasteiger partial charge in [0.15, 0.2) is 6.39 Å². The first-order chi connectivity index (χ1) is 9.63. The van der Waals surface area contributed by atoms with Crippen LogP contribution in [0.3, 0.4) is 0 Å². The fraction of sp³-hybridized carbons (Fsp3) is 0.571. The molecule has 108 valence electrons. The molecule has 3 rings (SSSR count). The number of rotatable bonds is 4. The number of aromatic nitrogens is 3. The standard InChI is InChI=1S/C14H19BrN4O/c1-10(2)14-13(16-9-20-14)8-18-4-3-12(7-18)19-6-11(15)5-17-19/h5-6,9-10,12H,3-4,7-8H2,1-2H3. The Balaban J connectivity index is 1.64. The summed E-state index contributed by atoms with van der Waals surface area (Å²) in [7, 11) is 0. The fourth-order valence-electron chi connectivity index (χ4n) is 2.76. The molecule has 1 fully saturated rings. The first kappa shape index (κ1) is 13.8. The predicted molar refractivity (Wildman–Crippen MR) is 79.5 cm³/mol. The third-order valence-corrected chi connectivity index (χ3v) is 4.17. The molecule has 0 radical (unpaired) electrons. The average Bonchev–Trinajstić information content (AvgIpc) is 3.09. The van der Waals surface area contributed by atoms with Crippen LogP contribution >= 0.6 is 15.9 Å². The zero-order valence-corrected chi connectivity index (χ0v) is 13.4. The van der Waals surface area contributed by atoms with Crippen molar-refractivity contribution in [2.75, 3.05) is 13.1 Å². The fourth-order valence-corrected chi connectivity index (χ4v) is 3.07. The normalized spacial score (nSPS) is 20.1. The lowest BCUT2D eigenvalue weighted by Crippen LogP contribution is -2.22. The van der Waals surface area contributed by atoms with Crippen LogP contribution < -0.4 is 0 Å². The number of nitrogens with zero attached hydrogens (tertiary/aromatic N) is 4. The van der Waals surface area contributed by atoms with Crippen LogP contribution in [0.1, 0.15) is 43.7 Å². The summed E-state index contributed by atoms with van der Waals surface area (Å²) in [6.07, 6.45) is 6.58. The molecule has 3 heterocycles. The van der Waals surface area contributed by atoms with Crippen LogP contribution in [0.15, 0.2) is 27.7 Å². The second-order valence-corrected chi connectivity index (χ2v) is 6.55. The molecule has 20 heavy (non-hydrogen) atoms. The molecule has 1 aliphatic heterocycles. The molecule has 0 aromatic carbocycles. The highest BCUT2D eigenvalue weighted by Gasteiger charge is 2.26. The van der Waals surface area contributed by atoms with Gasteiger partial charge in [-0.25, -0.2) is 4.98 Å². The molecule has 1 unspecified atom stereocenters. The highest BCUT2D eigenvalue weighted by molar-refractivity contribution is 9.10. The molecule has 1 saturated heterocycles. The third kappa shape index (κ3) is 2.81. The summed E-state index contributed by atoms with van der Waals surface area (Å²) in [6, 6.07) is 0.454. The number of hydrogen-bond acceptors (Lipinski definition) is 4. The van der Waals surface area contributed by atoms with Crippen molar-refractivity contribution in [3.63, 3.8) is 0 Å². The van der Waals surface area contributed by atoms with Gasteiger partial charge in [-0.2, -0.15) is 5.10 Å². The van der Waals surface area contributed by atoms with Crippen molar-refractivity contribution < 1.29 is 4.42 Å². The van der Waals surface area contributed by atoms with Crippen LogP contribution in [0.25, 0.3) is 0 Å². The van der Waals surface area contributed by atoms with E-state index in [1.807, 2.05) is 12.4 Å². The topological polar surface area (TPSA) is 47.1 Å². The van der Waals surface area contributed by atoms with Crippen molar-refractivity contribution >= 4 is 15.9 Å². The van der Waals surface area contributed by atoms with E-state index in [2.05, 4.69) is 49.4 Å². The Kier molecular flexibility index (Phi) is 3.94. The SMILES string of the molecule is CC(C)c1ocnc1CN1CCC(n2cc(Br)cn2)C1. The van der Waals surface area contributed by atoms with E-state index in [9.17, 15) is 0 Å². The summed E-state index contributed by atoms with van der Waals surface area (Å²) < 4.78 is 8.58. The highest BCUT2D eigenvalue weighted by atomic mass is 79.9. The van der Waals surface area contributed by atoms with Crippen molar-refractivity contribution in [3.05, 3.63) is 34.7 Å². The summed E-state index contributed by atoms with van der Waals surface area (Å²) >= 11 is 3.45. The smallest absolute Gasteiger partial charge is 0.181 e. The van der Waals surface area contributed by atoms with E-state index in [-0.39, 0.29) is 0 Å². The van der Waals surface area contributed by atoms with Gasteiger partial charge in [0, 0.05) is 31.7 Å². The molecule has 0 aliphatic carbocycles. The molecule has 0 spiro atoms. The minimum absolute atomic E-state index is 0.382. The number of hydrogen-bond donors (Lipinski definition) is 0. The van der Waals surface area contributed by atoms with Crippen molar-refractivity contribution in [2.24, 2.45) is 0 Å². The number of halogens is 1. The van der Waals surface area contributed by atoms with Crippen molar-refractivity contribution in [1.29, 1.82) is 0 Å². The summed E-state index contributed by atoms with van der Waals surface area (Å²) in [5, 5.41) is 4.38. The van der Waals surface area contributed by atoms with Crippen LogP contribution in [-0.4, -0.2) is 32.8 Å². The molecule has 2 aromatic rings. The van der Waals surface area contributed by atoms with Crippen LogP contribution in [0.5, 0.6) is 0 Å². The number of oxazole rings is 1. The van der Waals surface area contributed by atoms with Gasteiger partial charge in [-0.05, 0) is 22.4 Å². The Morgan fingerprint density at radius 2 is 2.35 bits per heavy atom. The maximum absolute atomic E-state index is 5.49. The molecule has 0 saturated carbocycles. The van der Waals surface area contributed by atoms with Gasteiger partial charge in [0.1, 0.15) is 5.76 Å². The van der Waals surface area contributed by atoms with Gasteiger partial charge in [0.25, 0.3) is 0 Å². The van der Waals surface area contributed by atoms with Gasteiger partial charge in [-0.3, -0.25) is 9.58 Å². The van der Waals surface area contributed by atoms with E-state index in [0.29, 0.717) is 12.0 Å². The largest absolute Gasteiger partial charge is 0.448 e. The Morgan fingerprint density at radius 3 is 3.05 bits per heavy atom. The lowest BCUT2D eigenvalue weighted by atomic mass is 10.1. The quantitative estimate of drug-likeness (QED) is 0.858. The lowest BCUT2D eigenvalue weighted by molar-refractivity contribution is 0.305. The summed E-state index contributed by atoms with van der Waals surface area (Å²) in [5.41, 5.74) is 1.07. The van der Waals surface area contributed by atoms with Crippen LogP contribution in [-0.2, 0) is 6.54 Å². The Morgan fingerprint density at radius 1 is 1.50 bits per heavy atom. The van der Waals surface area contributed by atoms with E-state index >= 15 is 0 Å². The Bertz CT molecular complexity index is 577. The number of likely N-dealkylation sites (tertiary alicyclic amines) is 1. The first-order valence-corrected chi connectivity index (χ1v) is 7.77.